The third kappa shape index (κ3) is 4.51. The quantitative estimate of drug-likeness (QED) is 0.652. The van der Waals surface area contributed by atoms with Crippen molar-refractivity contribution in [2.45, 2.75) is 19.8 Å². The van der Waals surface area contributed by atoms with Crippen LogP contribution < -0.4 is 4.74 Å². The van der Waals surface area contributed by atoms with E-state index in [0.717, 1.165) is 11.4 Å². The van der Waals surface area contributed by atoms with Gasteiger partial charge in [-0.1, -0.05) is 18.2 Å². The monoisotopic (exact) mass is 389 g/mol. The Morgan fingerprint density at radius 2 is 1.79 bits per heavy atom. The Hall–Kier alpha value is -3.29. The number of ether oxygens (including phenoxy) is 1. The summed E-state index contributed by atoms with van der Waals surface area (Å²) in [5, 5.41) is 4.21. The number of benzene rings is 2. The van der Waals surface area contributed by atoms with Crippen LogP contribution in [0.5, 0.6) is 5.75 Å². The first-order valence-corrected chi connectivity index (χ1v) is 8.45. The molecular weight excluding hydrogens is 371 g/mol. The lowest BCUT2D eigenvalue weighted by Gasteiger charge is -2.20. The van der Waals surface area contributed by atoms with Crippen LogP contribution in [0.15, 0.2) is 60.8 Å². The number of halogens is 3. The molecule has 0 radical (unpaired) electrons. The van der Waals surface area contributed by atoms with Crippen molar-refractivity contribution in [3.8, 4) is 11.4 Å². The molecule has 0 aliphatic heterocycles. The molecular formula is C20H18F3N3O2. The van der Waals surface area contributed by atoms with Crippen LogP contribution in [0.2, 0.25) is 0 Å². The van der Waals surface area contributed by atoms with Crippen molar-refractivity contribution in [3.63, 3.8) is 0 Å². The lowest BCUT2D eigenvalue weighted by atomic mass is 10.1. The molecule has 0 unspecified atom stereocenters. The maximum absolute atomic E-state index is 12.7. The van der Waals surface area contributed by atoms with E-state index in [1.165, 1.54) is 30.1 Å². The molecule has 0 atom stereocenters. The normalized spacial score (nSPS) is 11.3. The molecule has 0 spiro atoms. The van der Waals surface area contributed by atoms with Crippen LogP contribution >= 0.6 is 0 Å². The summed E-state index contributed by atoms with van der Waals surface area (Å²) in [7, 11) is 1.53. The molecule has 1 amide bonds. The molecule has 3 aromatic rings. The Morgan fingerprint density at radius 1 is 1.11 bits per heavy atom. The molecule has 0 N–H and O–H groups in total. The largest absolute Gasteiger partial charge is 0.573 e. The van der Waals surface area contributed by atoms with Gasteiger partial charge in [0.05, 0.1) is 5.69 Å². The van der Waals surface area contributed by atoms with Gasteiger partial charge in [0.2, 0.25) is 0 Å². The zero-order valence-electron chi connectivity index (χ0n) is 15.3. The first-order chi connectivity index (χ1) is 13.2. The first kappa shape index (κ1) is 19.5. The summed E-state index contributed by atoms with van der Waals surface area (Å²) in [6, 6.07) is 14.5. The second-order valence-electron chi connectivity index (χ2n) is 6.25. The molecule has 2 aromatic carbocycles. The molecule has 146 valence electrons. The fourth-order valence-electron chi connectivity index (χ4n) is 2.79. The summed E-state index contributed by atoms with van der Waals surface area (Å²) in [4.78, 5) is 14.0. The summed E-state index contributed by atoms with van der Waals surface area (Å²) in [6.45, 7) is 1.89. The number of amides is 1. The highest BCUT2D eigenvalue weighted by Crippen LogP contribution is 2.27. The van der Waals surface area contributed by atoms with Gasteiger partial charge in [-0.3, -0.25) is 4.79 Å². The molecule has 5 nitrogen and oxygen atoms in total. The number of hydrogen-bond acceptors (Lipinski definition) is 3. The molecule has 0 aliphatic carbocycles. The molecule has 0 aliphatic rings. The Bertz CT molecular complexity index is 965. The number of carbonyl (C=O) groups is 1. The smallest absolute Gasteiger partial charge is 0.405 e. The molecule has 0 fully saturated rings. The van der Waals surface area contributed by atoms with Crippen LogP contribution in [0.1, 0.15) is 21.6 Å². The second-order valence-corrected chi connectivity index (χ2v) is 6.25. The van der Waals surface area contributed by atoms with Gasteiger partial charge in [0, 0.05) is 36.6 Å². The van der Waals surface area contributed by atoms with E-state index in [1.807, 2.05) is 13.0 Å². The highest BCUT2D eigenvalue weighted by atomic mass is 19.4. The average molecular weight is 389 g/mol. The van der Waals surface area contributed by atoms with Gasteiger partial charge in [-0.05, 0) is 43.3 Å². The summed E-state index contributed by atoms with van der Waals surface area (Å²) < 4.78 is 43.4. The topological polar surface area (TPSA) is 47.4 Å². The Balaban J connectivity index is 1.74. The molecule has 1 heterocycles. The zero-order chi connectivity index (χ0) is 20.3. The van der Waals surface area contributed by atoms with Crippen molar-refractivity contribution in [3.05, 3.63) is 77.6 Å². The zero-order valence-corrected chi connectivity index (χ0v) is 15.3. The predicted octanol–water partition coefficient (Wildman–Crippen LogP) is 4.35. The number of carbonyl (C=O) groups excluding carboxylic acids is 1. The van der Waals surface area contributed by atoms with Crippen molar-refractivity contribution in [1.29, 1.82) is 0 Å². The lowest BCUT2D eigenvalue weighted by Crippen LogP contribution is -2.27. The van der Waals surface area contributed by atoms with Crippen LogP contribution in [0, 0.1) is 6.92 Å². The van der Waals surface area contributed by atoms with Gasteiger partial charge in [0.15, 0.2) is 0 Å². The van der Waals surface area contributed by atoms with E-state index in [2.05, 4.69) is 9.84 Å². The molecule has 0 saturated carbocycles. The Labute approximate surface area is 160 Å². The number of para-hydroxylation sites is 1. The van der Waals surface area contributed by atoms with E-state index in [0.29, 0.717) is 5.56 Å². The highest BCUT2D eigenvalue weighted by Gasteiger charge is 2.32. The van der Waals surface area contributed by atoms with E-state index in [-0.39, 0.29) is 23.8 Å². The van der Waals surface area contributed by atoms with Crippen LogP contribution in [0.3, 0.4) is 0 Å². The minimum absolute atomic E-state index is 0.0227. The van der Waals surface area contributed by atoms with Gasteiger partial charge < -0.3 is 9.64 Å². The van der Waals surface area contributed by atoms with Crippen molar-refractivity contribution < 1.29 is 22.7 Å². The Morgan fingerprint density at radius 3 is 2.39 bits per heavy atom. The standard InChI is InChI=1S/C20H18F3N3O2/c1-14-11-12-24-26(14)17-9-7-15(8-10-17)19(27)25(2)13-16-5-3-4-6-18(16)28-20(21,22)23/h3-12H,13H2,1-2H3. The van der Waals surface area contributed by atoms with Gasteiger partial charge in [-0.2, -0.15) is 5.10 Å². The van der Waals surface area contributed by atoms with Crippen molar-refractivity contribution in [2.75, 3.05) is 7.05 Å². The predicted molar refractivity (Wildman–Crippen MR) is 97.2 cm³/mol. The number of alkyl halides is 3. The third-order valence-electron chi connectivity index (χ3n) is 4.14. The van der Waals surface area contributed by atoms with Gasteiger partial charge in [0.1, 0.15) is 5.75 Å². The number of aromatic nitrogens is 2. The SMILES string of the molecule is Cc1ccnn1-c1ccc(C(=O)N(C)Cc2ccccc2OC(F)(F)F)cc1. The van der Waals surface area contributed by atoms with E-state index in [1.54, 1.807) is 41.2 Å². The molecule has 0 bridgehead atoms. The Kier molecular flexibility index (Phi) is 5.39. The van der Waals surface area contributed by atoms with Gasteiger partial charge in [-0.25, -0.2) is 4.68 Å². The van der Waals surface area contributed by atoms with Crippen LogP contribution in [-0.2, 0) is 6.54 Å². The van der Waals surface area contributed by atoms with E-state index in [4.69, 9.17) is 0 Å². The lowest BCUT2D eigenvalue weighted by molar-refractivity contribution is -0.275. The van der Waals surface area contributed by atoms with Crippen LogP contribution in [-0.4, -0.2) is 34.0 Å². The summed E-state index contributed by atoms with van der Waals surface area (Å²) in [6.07, 6.45) is -3.11. The number of nitrogens with zero attached hydrogens (tertiary/aromatic N) is 3. The van der Waals surface area contributed by atoms with Gasteiger partial charge in [-0.15, -0.1) is 13.2 Å². The van der Waals surface area contributed by atoms with Crippen LogP contribution in [0.4, 0.5) is 13.2 Å². The molecule has 28 heavy (non-hydrogen) atoms. The number of aryl methyl sites for hydroxylation is 1. The first-order valence-electron chi connectivity index (χ1n) is 8.45. The van der Waals surface area contributed by atoms with E-state index in [9.17, 15) is 18.0 Å². The van der Waals surface area contributed by atoms with Crippen molar-refractivity contribution in [1.82, 2.24) is 14.7 Å². The van der Waals surface area contributed by atoms with Gasteiger partial charge >= 0.3 is 6.36 Å². The van der Waals surface area contributed by atoms with Gasteiger partial charge in [0.25, 0.3) is 5.91 Å². The molecule has 8 heteroatoms. The summed E-state index contributed by atoms with van der Waals surface area (Å²) in [5.41, 5.74) is 2.45. The molecule has 3 rings (SSSR count). The van der Waals surface area contributed by atoms with Crippen molar-refractivity contribution >= 4 is 5.91 Å². The maximum atomic E-state index is 12.7. The van der Waals surface area contributed by atoms with E-state index >= 15 is 0 Å². The average Bonchev–Trinajstić information content (AvgIpc) is 3.07. The molecule has 1 aromatic heterocycles. The number of rotatable bonds is 5. The minimum Gasteiger partial charge on any atom is -0.405 e. The van der Waals surface area contributed by atoms with E-state index < -0.39 is 6.36 Å². The second kappa shape index (κ2) is 7.75. The highest BCUT2D eigenvalue weighted by molar-refractivity contribution is 5.94. The number of hydrogen-bond donors (Lipinski definition) is 0. The molecule has 0 saturated heterocycles. The fourth-order valence-corrected chi connectivity index (χ4v) is 2.79. The maximum Gasteiger partial charge on any atom is 0.573 e. The summed E-state index contributed by atoms with van der Waals surface area (Å²) >= 11 is 0. The van der Waals surface area contributed by atoms with Crippen molar-refractivity contribution in [2.24, 2.45) is 0 Å². The van der Waals surface area contributed by atoms with Crippen LogP contribution in [0.25, 0.3) is 5.69 Å². The third-order valence-corrected chi connectivity index (χ3v) is 4.14. The minimum atomic E-state index is -4.79. The summed E-state index contributed by atoms with van der Waals surface area (Å²) in [5.74, 6) is -0.635. The fraction of sp³-hybridized carbons (Fsp3) is 0.200.